The van der Waals surface area contributed by atoms with Crippen LogP contribution in [-0.2, 0) is 0 Å². The summed E-state index contributed by atoms with van der Waals surface area (Å²) in [6.07, 6.45) is 2.22. The number of hydrogen-bond donors (Lipinski definition) is 1. The molecule has 0 bridgehead atoms. The maximum Gasteiger partial charge on any atom is 0.359 e. The van der Waals surface area contributed by atoms with Gasteiger partial charge < -0.3 is 14.6 Å². The Kier molecular flexibility index (Phi) is 4.76. The molecule has 0 radical (unpaired) electrons. The first-order valence-corrected chi connectivity index (χ1v) is 6.19. The van der Waals surface area contributed by atoms with Gasteiger partial charge in [-0.3, -0.25) is 0 Å². The molecule has 0 saturated carbocycles. The number of piperidine rings is 1. The van der Waals surface area contributed by atoms with E-state index in [2.05, 4.69) is 15.5 Å². The van der Waals surface area contributed by atoms with E-state index in [1.54, 1.807) is 0 Å². The van der Waals surface area contributed by atoms with E-state index in [1.165, 1.54) is 0 Å². The van der Waals surface area contributed by atoms with Crippen LogP contribution in [-0.4, -0.2) is 23.2 Å². The highest BCUT2D eigenvalue weighted by Crippen LogP contribution is 2.24. The number of ether oxygens (including phenoxy) is 1. The number of benzene rings is 1. The molecule has 1 saturated heterocycles. The van der Waals surface area contributed by atoms with Crippen molar-refractivity contribution in [3.63, 3.8) is 0 Å². The molecule has 1 atom stereocenters. The Bertz CT molecular complexity index is 498. The molecule has 1 N–H and O–H groups in total. The molecule has 0 amide bonds. The van der Waals surface area contributed by atoms with Gasteiger partial charge in [-0.25, -0.2) is 0 Å². The third-order valence-corrected chi connectivity index (χ3v) is 3.02. The standard InChI is InChI=1S/C13H15N3O2.ClH/c1-2-6-11(7-3-1)17-13-15-12(18-16-13)10-5-4-8-14-9-10;/h1-3,6-7,10,14H,4-5,8-9H2;1H. The van der Waals surface area contributed by atoms with Crippen LogP contribution in [0.25, 0.3) is 0 Å². The predicted molar refractivity (Wildman–Crippen MR) is 72.9 cm³/mol. The molecule has 3 rings (SSSR count). The zero-order valence-electron chi connectivity index (χ0n) is 10.4. The molecule has 2 aromatic rings. The van der Waals surface area contributed by atoms with Gasteiger partial charge in [0.25, 0.3) is 0 Å². The van der Waals surface area contributed by atoms with E-state index in [0.717, 1.165) is 25.9 Å². The van der Waals surface area contributed by atoms with Crippen LogP contribution < -0.4 is 10.1 Å². The lowest BCUT2D eigenvalue weighted by molar-refractivity contribution is 0.311. The average Bonchev–Trinajstić information content (AvgIpc) is 2.89. The summed E-state index contributed by atoms with van der Waals surface area (Å²) in [5, 5.41) is 7.17. The zero-order chi connectivity index (χ0) is 12.2. The average molecular weight is 282 g/mol. The van der Waals surface area contributed by atoms with Gasteiger partial charge in [0.15, 0.2) is 0 Å². The smallest absolute Gasteiger partial charge is 0.359 e. The summed E-state index contributed by atoms with van der Waals surface area (Å²) >= 11 is 0. The van der Waals surface area contributed by atoms with Gasteiger partial charge in [-0.2, -0.15) is 4.98 Å². The maximum atomic E-state index is 5.51. The summed E-state index contributed by atoms with van der Waals surface area (Å²) < 4.78 is 10.8. The van der Waals surface area contributed by atoms with Gasteiger partial charge in [0, 0.05) is 6.54 Å². The van der Waals surface area contributed by atoms with Gasteiger partial charge >= 0.3 is 6.01 Å². The molecule has 1 aromatic heterocycles. The first-order valence-electron chi connectivity index (χ1n) is 6.19. The molecular weight excluding hydrogens is 266 g/mol. The molecule has 2 heterocycles. The van der Waals surface area contributed by atoms with Crippen molar-refractivity contribution < 1.29 is 9.26 Å². The number of aromatic nitrogens is 2. The van der Waals surface area contributed by atoms with Crippen LogP contribution in [0.3, 0.4) is 0 Å². The number of rotatable bonds is 3. The Morgan fingerprint density at radius 3 is 2.84 bits per heavy atom. The summed E-state index contributed by atoms with van der Waals surface area (Å²) in [5.41, 5.74) is 0. The maximum absolute atomic E-state index is 5.51. The fourth-order valence-corrected chi connectivity index (χ4v) is 2.08. The van der Waals surface area contributed by atoms with E-state index in [-0.39, 0.29) is 18.4 Å². The third-order valence-electron chi connectivity index (χ3n) is 3.02. The molecule has 6 heteroatoms. The molecule has 0 spiro atoms. The molecule has 1 unspecified atom stereocenters. The van der Waals surface area contributed by atoms with Gasteiger partial charge in [0.05, 0.1) is 5.92 Å². The fourth-order valence-electron chi connectivity index (χ4n) is 2.08. The zero-order valence-corrected chi connectivity index (χ0v) is 11.2. The minimum Gasteiger partial charge on any atom is -0.422 e. The number of nitrogens with one attached hydrogen (secondary N) is 1. The van der Waals surface area contributed by atoms with E-state index in [4.69, 9.17) is 9.26 Å². The van der Waals surface area contributed by atoms with Crippen molar-refractivity contribution in [1.82, 2.24) is 15.5 Å². The largest absolute Gasteiger partial charge is 0.422 e. The van der Waals surface area contributed by atoms with E-state index < -0.39 is 0 Å². The van der Waals surface area contributed by atoms with Crippen molar-refractivity contribution >= 4 is 12.4 Å². The van der Waals surface area contributed by atoms with Crippen LogP contribution in [0.15, 0.2) is 34.9 Å². The van der Waals surface area contributed by atoms with Gasteiger partial charge in [-0.1, -0.05) is 18.2 Å². The summed E-state index contributed by atoms with van der Waals surface area (Å²) in [7, 11) is 0. The van der Waals surface area contributed by atoms with Gasteiger partial charge in [-0.15, -0.1) is 12.4 Å². The number of hydrogen-bond acceptors (Lipinski definition) is 5. The molecule has 1 aliphatic heterocycles. The van der Waals surface area contributed by atoms with Crippen LogP contribution in [0.2, 0.25) is 0 Å². The van der Waals surface area contributed by atoms with E-state index in [1.807, 2.05) is 30.3 Å². The summed E-state index contributed by atoms with van der Waals surface area (Å²) in [6.45, 7) is 1.96. The molecule has 1 fully saturated rings. The van der Waals surface area contributed by atoms with Crippen LogP contribution in [0.1, 0.15) is 24.7 Å². The van der Waals surface area contributed by atoms with Gasteiger partial charge in [0.1, 0.15) is 5.75 Å². The first-order chi connectivity index (χ1) is 8.92. The molecular formula is C13H16ClN3O2. The second-order valence-electron chi connectivity index (χ2n) is 4.37. The lowest BCUT2D eigenvalue weighted by Crippen LogP contribution is -2.28. The quantitative estimate of drug-likeness (QED) is 0.937. The van der Waals surface area contributed by atoms with Crippen LogP contribution >= 0.6 is 12.4 Å². The normalized spacial score (nSPS) is 18.6. The second kappa shape index (κ2) is 6.54. The highest BCUT2D eigenvalue weighted by atomic mass is 35.5. The van der Waals surface area contributed by atoms with Crippen LogP contribution in [0.5, 0.6) is 11.8 Å². The Morgan fingerprint density at radius 2 is 2.11 bits per heavy atom. The molecule has 0 aliphatic carbocycles. The lowest BCUT2D eigenvalue weighted by Gasteiger charge is -2.18. The van der Waals surface area contributed by atoms with Crippen molar-refractivity contribution in [3.8, 4) is 11.8 Å². The molecule has 1 aromatic carbocycles. The highest BCUT2D eigenvalue weighted by Gasteiger charge is 2.21. The SMILES string of the molecule is Cl.c1ccc(Oc2noc(C3CCCNC3)n2)cc1. The monoisotopic (exact) mass is 281 g/mol. The minimum atomic E-state index is 0. The van der Waals surface area contributed by atoms with Crippen molar-refractivity contribution in [1.29, 1.82) is 0 Å². The Morgan fingerprint density at radius 1 is 1.26 bits per heavy atom. The van der Waals surface area contributed by atoms with E-state index in [9.17, 15) is 0 Å². The van der Waals surface area contributed by atoms with Crippen molar-refractivity contribution in [2.45, 2.75) is 18.8 Å². The fraction of sp³-hybridized carbons (Fsp3) is 0.385. The predicted octanol–water partition coefficient (Wildman–Crippen LogP) is 2.75. The lowest BCUT2D eigenvalue weighted by atomic mass is 10.00. The van der Waals surface area contributed by atoms with Crippen molar-refractivity contribution in [2.24, 2.45) is 0 Å². The van der Waals surface area contributed by atoms with Crippen molar-refractivity contribution in [3.05, 3.63) is 36.2 Å². The molecule has 19 heavy (non-hydrogen) atoms. The van der Waals surface area contributed by atoms with E-state index >= 15 is 0 Å². The second-order valence-corrected chi connectivity index (χ2v) is 4.37. The number of nitrogens with zero attached hydrogens (tertiary/aromatic N) is 2. The summed E-state index contributed by atoms with van der Waals surface area (Å²) in [5.74, 6) is 1.68. The summed E-state index contributed by atoms with van der Waals surface area (Å²) in [6, 6.07) is 9.74. The number of halogens is 1. The first kappa shape index (κ1) is 13.8. The highest BCUT2D eigenvalue weighted by molar-refractivity contribution is 5.85. The van der Waals surface area contributed by atoms with Crippen molar-refractivity contribution in [2.75, 3.05) is 13.1 Å². The number of para-hydroxylation sites is 1. The molecule has 5 nitrogen and oxygen atoms in total. The van der Waals surface area contributed by atoms with Crippen LogP contribution in [0, 0.1) is 0 Å². The Labute approximate surface area is 117 Å². The Balaban J connectivity index is 0.00000133. The third kappa shape index (κ3) is 3.45. The summed E-state index contributed by atoms with van der Waals surface area (Å²) in [4.78, 5) is 4.29. The van der Waals surface area contributed by atoms with Crippen LogP contribution in [0.4, 0.5) is 0 Å². The van der Waals surface area contributed by atoms with Gasteiger partial charge in [-0.05, 0) is 36.7 Å². The van der Waals surface area contributed by atoms with Gasteiger partial charge in [0.2, 0.25) is 5.89 Å². The topological polar surface area (TPSA) is 60.2 Å². The Hall–Kier alpha value is -1.59. The minimum absolute atomic E-state index is 0. The molecule has 1 aliphatic rings. The van der Waals surface area contributed by atoms with E-state index in [0.29, 0.717) is 17.6 Å². The molecule has 102 valence electrons.